The summed E-state index contributed by atoms with van der Waals surface area (Å²) in [7, 11) is 0. The number of aryl methyl sites for hydroxylation is 1. The van der Waals surface area contributed by atoms with Crippen LogP contribution in [0.5, 0.6) is 0 Å². The molecule has 0 unspecified atom stereocenters. The number of hydrogen-bond donors (Lipinski definition) is 4. The molecule has 0 aliphatic rings. The van der Waals surface area contributed by atoms with Gasteiger partial charge in [0, 0.05) is 24.9 Å². The lowest BCUT2D eigenvalue weighted by molar-refractivity contribution is 0.0697. The van der Waals surface area contributed by atoms with Crippen LogP contribution < -0.4 is 10.6 Å². The molecule has 1 heterocycles. The quantitative estimate of drug-likeness (QED) is 0.672. The topological polar surface area (TPSA) is 107 Å². The summed E-state index contributed by atoms with van der Waals surface area (Å²) in [6.45, 7) is 2.10. The number of carboxylic acid groups (broad SMARTS) is 1. The van der Waals surface area contributed by atoms with E-state index in [1.54, 1.807) is 37.6 Å². The minimum Gasteiger partial charge on any atom is -0.478 e. The Kier molecular flexibility index (Phi) is 4.55. The molecular weight excluding hydrogens is 272 g/mol. The minimum absolute atomic E-state index is 0.0983. The number of aromatic amines is 1. The van der Waals surface area contributed by atoms with E-state index in [0.29, 0.717) is 18.5 Å². The molecule has 0 fully saturated rings. The molecule has 0 saturated heterocycles. The normalized spacial score (nSPS) is 10.1. The first-order chi connectivity index (χ1) is 10.1. The van der Waals surface area contributed by atoms with Crippen molar-refractivity contribution in [2.45, 2.75) is 13.3 Å². The molecule has 0 aliphatic heterocycles. The molecule has 0 saturated carbocycles. The number of nitrogens with zero attached hydrogens (tertiary/aromatic N) is 1. The number of aromatic nitrogens is 2. The van der Waals surface area contributed by atoms with Gasteiger partial charge in [-0.2, -0.15) is 0 Å². The molecule has 4 N–H and O–H groups in total. The molecule has 2 rings (SSSR count). The van der Waals surface area contributed by atoms with Crippen LogP contribution in [0.3, 0.4) is 0 Å². The fraction of sp³-hybridized carbons (Fsp3) is 0.214. The average molecular weight is 288 g/mol. The molecule has 21 heavy (non-hydrogen) atoms. The summed E-state index contributed by atoms with van der Waals surface area (Å²) >= 11 is 0. The molecule has 7 heteroatoms. The number of urea groups is 1. The molecule has 0 radical (unpaired) electrons. The summed E-state index contributed by atoms with van der Waals surface area (Å²) in [5, 5.41) is 14.4. The lowest BCUT2D eigenvalue weighted by atomic mass is 10.1. The smallest absolute Gasteiger partial charge is 0.338 e. The van der Waals surface area contributed by atoms with Gasteiger partial charge in [0.2, 0.25) is 0 Å². The molecule has 0 aliphatic carbocycles. The Hall–Kier alpha value is -2.83. The molecule has 0 atom stereocenters. The fourth-order valence-corrected chi connectivity index (χ4v) is 1.95. The van der Waals surface area contributed by atoms with E-state index in [1.807, 2.05) is 0 Å². The van der Waals surface area contributed by atoms with E-state index in [0.717, 1.165) is 5.69 Å². The van der Waals surface area contributed by atoms with Gasteiger partial charge in [-0.25, -0.2) is 14.6 Å². The maximum atomic E-state index is 11.8. The van der Waals surface area contributed by atoms with Crippen LogP contribution >= 0.6 is 0 Å². The van der Waals surface area contributed by atoms with Crippen LogP contribution in [0.4, 0.5) is 10.5 Å². The van der Waals surface area contributed by atoms with Gasteiger partial charge in [0.1, 0.15) is 0 Å². The number of H-pyrrole nitrogens is 1. The highest BCUT2D eigenvalue weighted by Gasteiger charge is 2.14. The van der Waals surface area contributed by atoms with Crippen molar-refractivity contribution in [2.75, 3.05) is 11.9 Å². The highest BCUT2D eigenvalue weighted by Crippen LogP contribution is 2.19. The maximum Gasteiger partial charge on any atom is 0.338 e. The van der Waals surface area contributed by atoms with Gasteiger partial charge in [0.15, 0.2) is 0 Å². The molecule has 2 aromatic rings. The Morgan fingerprint density at radius 2 is 2.19 bits per heavy atom. The molecule has 2 amide bonds. The summed E-state index contributed by atoms with van der Waals surface area (Å²) in [5.41, 5.74) is 1.89. The number of hydrogen-bond acceptors (Lipinski definition) is 3. The maximum absolute atomic E-state index is 11.8. The van der Waals surface area contributed by atoms with E-state index in [1.165, 1.54) is 0 Å². The number of carbonyl (C=O) groups is 2. The zero-order valence-corrected chi connectivity index (χ0v) is 11.5. The highest BCUT2D eigenvalue weighted by atomic mass is 16.4. The Morgan fingerprint density at radius 3 is 2.86 bits per heavy atom. The monoisotopic (exact) mass is 288 g/mol. The van der Waals surface area contributed by atoms with Crippen molar-refractivity contribution in [3.05, 3.63) is 47.5 Å². The summed E-state index contributed by atoms with van der Waals surface area (Å²) < 4.78 is 0. The number of rotatable bonds is 5. The van der Waals surface area contributed by atoms with Gasteiger partial charge in [0.05, 0.1) is 17.6 Å². The van der Waals surface area contributed by atoms with E-state index in [2.05, 4.69) is 20.6 Å². The van der Waals surface area contributed by atoms with Crippen LogP contribution in [0.15, 0.2) is 30.7 Å². The van der Waals surface area contributed by atoms with Crippen molar-refractivity contribution < 1.29 is 14.7 Å². The van der Waals surface area contributed by atoms with Gasteiger partial charge in [-0.15, -0.1) is 0 Å². The predicted octanol–water partition coefficient (Wildman–Crippen LogP) is 1.78. The fourth-order valence-electron chi connectivity index (χ4n) is 1.95. The van der Waals surface area contributed by atoms with Gasteiger partial charge in [-0.1, -0.05) is 12.1 Å². The molecule has 1 aromatic heterocycles. The Morgan fingerprint density at radius 1 is 1.38 bits per heavy atom. The van der Waals surface area contributed by atoms with Crippen molar-refractivity contribution in [3.63, 3.8) is 0 Å². The molecular formula is C14H16N4O3. The third kappa shape index (κ3) is 3.82. The van der Waals surface area contributed by atoms with Crippen LogP contribution in [-0.2, 0) is 6.42 Å². The van der Waals surface area contributed by atoms with Crippen molar-refractivity contribution in [2.24, 2.45) is 0 Å². The molecule has 1 aromatic carbocycles. The molecule has 7 nitrogen and oxygen atoms in total. The van der Waals surface area contributed by atoms with E-state index < -0.39 is 12.0 Å². The van der Waals surface area contributed by atoms with E-state index in [9.17, 15) is 14.7 Å². The summed E-state index contributed by atoms with van der Waals surface area (Å²) in [6.07, 6.45) is 3.87. The number of aromatic carboxylic acids is 1. The van der Waals surface area contributed by atoms with Crippen LogP contribution in [0.25, 0.3) is 0 Å². The van der Waals surface area contributed by atoms with E-state index >= 15 is 0 Å². The zero-order chi connectivity index (χ0) is 15.2. The average Bonchev–Trinajstić information content (AvgIpc) is 2.91. The van der Waals surface area contributed by atoms with Gasteiger partial charge < -0.3 is 20.7 Å². The second-order valence-corrected chi connectivity index (χ2v) is 4.51. The standard InChI is InChI=1S/C14H16N4O3/c1-9-3-2-4-11(12(9)13(19)20)18-14(21)16-6-5-10-7-15-8-17-10/h2-4,7-8H,5-6H2,1H3,(H,15,17)(H,19,20)(H2,16,18,21). The number of benzene rings is 1. The van der Waals surface area contributed by atoms with Gasteiger partial charge in [0.25, 0.3) is 0 Å². The number of amides is 2. The number of anilines is 1. The van der Waals surface area contributed by atoms with Crippen LogP contribution in [0.1, 0.15) is 21.6 Å². The number of nitrogens with one attached hydrogen (secondary N) is 3. The van der Waals surface area contributed by atoms with Gasteiger partial charge in [-0.05, 0) is 18.6 Å². The van der Waals surface area contributed by atoms with Crippen molar-refractivity contribution in [1.82, 2.24) is 15.3 Å². The first-order valence-corrected chi connectivity index (χ1v) is 6.43. The summed E-state index contributed by atoms with van der Waals surface area (Å²) in [4.78, 5) is 29.8. The predicted molar refractivity (Wildman–Crippen MR) is 77.5 cm³/mol. The third-order valence-electron chi connectivity index (χ3n) is 2.97. The first-order valence-electron chi connectivity index (χ1n) is 6.43. The van der Waals surface area contributed by atoms with E-state index in [4.69, 9.17) is 0 Å². The summed E-state index contributed by atoms with van der Waals surface area (Å²) in [6, 6.07) is 4.50. The van der Waals surface area contributed by atoms with Crippen LogP contribution in [0, 0.1) is 6.92 Å². The Bertz CT molecular complexity index is 638. The Labute approximate surface area is 121 Å². The van der Waals surface area contributed by atoms with Crippen molar-refractivity contribution in [1.29, 1.82) is 0 Å². The molecule has 0 bridgehead atoms. The molecule has 0 spiro atoms. The van der Waals surface area contributed by atoms with E-state index in [-0.39, 0.29) is 11.3 Å². The van der Waals surface area contributed by atoms with Crippen molar-refractivity contribution in [3.8, 4) is 0 Å². The lowest BCUT2D eigenvalue weighted by Crippen LogP contribution is -2.31. The second-order valence-electron chi connectivity index (χ2n) is 4.51. The number of imidazole rings is 1. The van der Waals surface area contributed by atoms with Crippen LogP contribution in [-0.4, -0.2) is 33.6 Å². The van der Waals surface area contributed by atoms with Gasteiger partial charge in [-0.3, -0.25) is 0 Å². The lowest BCUT2D eigenvalue weighted by Gasteiger charge is -2.11. The first kappa shape index (κ1) is 14.6. The minimum atomic E-state index is -1.07. The van der Waals surface area contributed by atoms with Crippen LogP contribution in [0.2, 0.25) is 0 Å². The van der Waals surface area contributed by atoms with Gasteiger partial charge >= 0.3 is 12.0 Å². The SMILES string of the molecule is Cc1cccc(NC(=O)NCCc2cnc[nH]2)c1C(=O)O. The second kappa shape index (κ2) is 6.56. The third-order valence-corrected chi connectivity index (χ3v) is 2.97. The largest absolute Gasteiger partial charge is 0.478 e. The Balaban J connectivity index is 1.93. The summed E-state index contributed by atoms with van der Waals surface area (Å²) in [5.74, 6) is -1.07. The van der Waals surface area contributed by atoms with Crippen molar-refractivity contribution >= 4 is 17.7 Å². The molecule has 110 valence electrons. The zero-order valence-electron chi connectivity index (χ0n) is 11.5. The number of carboxylic acids is 1. The highest BCUT2D eigenvalue weighted by molar-refractivity contribution is 6.01. The number of carbonyl (C=O) groups excluding carboxylic acids is 1.